The van der Waals surface area contributed by atoms with Gasteiger partial charge in [0, 0.05) is 52.8 Å². The third-order valence-corrected chi connectivity index (χ3v) is 11.3. The molecule has 204 valence electrons. The zero-order valence-corrected chi connectivity index (χ0v) is 25.6. The Balaban J connectivity index is 0.000000228. The summed E-state index contributed by atoms with van der Waals surface area (Å²) in [5, 5.41) is 0.795. The molecule has 0 radical (unpaired) electrons. The van der Waals surface area contributed by atoms with Gasteiger partial charge in [0.25, 0.3) is 0 Å². The van der Waals surface area contributed by atoms with E-state index in [4.69, 9.17) is 18.9 Å². The van der Waals surface area contributed by atoms with Gasteiger partial charge in [-0.25, -0.2) is 0 Å². The number of methoxy groups -OCH3 is 4. The minimum Gasteiger partial charge on any atom is -0.384 e. The normalized spacial score (nSPS) is 25.4. The highest BCUT2D eigenvalue weighted by atomic mass is 32.2. The van der Waals surface area contributed by atoms with Gasteiger partial charge in [-0.1, -0.05) is 6.42 Å². The molecule has 4 rings (SSSR count). The number of hydrogen-bond acceptors (Lipinski definition) is 8. The van der Waals surface area contributed by atoms with Gasteiger partial charge in [0.15, 0.2) is 0 Å². The van der Waals surface area contributed by atoms with Crippen molar-refractivity contribution in [3.63, 3.8) is 0 Å². The fourth-order valence-corrected chi connectivity index (χ4v) is 8.43. The summed E-state index contributed by atoms with van der Waals surface area (Å²) in [7, 11) is 7.14. The topological polar surface area (TPSA) is 36.9 Å². The molecule has 4 fully saturated rings. The third kappa shape index (κ3) is 18.5. The van der Waals surface area contributed by atoms with E-state index in [9.17, 15) is 0 Å². The molecule has 34 heavy (non-hydrogen) atoms. The fourth-order valence-electron chi connectivity index (χ4n) is 4.06. The maximum absolute atomic E-state index is 5.07. The van der Waals surface area contributed by atoms with Gasteiger partial charge in [0.1, 0.15) is 0 Å². The monoisotopic (exact) mass is 556 g/mol. The standard InChI is InChI=1S/3C7H14OS.C5H10OS/c1-8-6-7-2-4-9-5-3-7;1-8-5-7-3-2-4-9-6-7;1-8-6-7-4-2-3-5-9-7;1-6-2-5-3-7-4-5/h3*7H,2-6H2,1H3;5H,2-4H2,1H3. The highest BCUT2D eigenvalue weighted by molar-refractivity contribution is 8.00. The molecule has 2 unspecified atom stereocenters. The summed E-state index contributed by atoms with van der Waals surface area (Å²) in [4.78, 5) is 0. The lowest BCUT2D eigenvalue weighted by Crippen LogP contribution is -2.22. The quantitative estimate of drug-likeness (QED) is 0.337. The average Bonchev–Trinajstić information content (AvgIpc) is 2.85. The van der Waals surface area contributed by atoms with Crippen LogP contribution in [0.5, 0.6) is 0 Å². The Morgan fingerprint density at radius 3 is 1.59 bits per heavy atom. The second kappa shape index (κ2) is 24.6. The Labute approximate surface area is 228 Å². The van der Waals surface area contributed by atoms with Gasteiger partial charge in [0.05, 0.1) is 13.2 Å². The van der Waals surface area contributed by atoms with Crippen LogP contribution >= 0.6 is 47.0 Å². The molecular formula is C26H52O4S4. The van der Waals surface area contributed by atoms with Gasteiger partial charge in [-0.3, -0.25) is 0 Å². The summed E-state index contributed by atoms with van der Waals surface area (Å²) >= 11 is 8.20. The highest BCUT2D eigenvalue weighted by Gasteiger charge is 2.17. The van der Waals surface area contributed by atoms with E-state index >= 15 is 0 Å². The zero-order chi connectivity index (χ0) is 24.7. The van der Waals surface area contributed by atoms with Crippen LogP contribution in [-0.4, -0.2) is 100 Å². The molecule has 0 spiro atoms. The highest BCUT2D eigenvalue weighted by Crippen LogP contribution is 2.25. The van der Waals surface area contributed by atoms with Crippen molar-refractivity contribution in [1.82, 2.24) is 0 Å². The van der Waals surface area contributed by atoms with Crippen LogP contribution in [0.4, 0.5) is 0 Å². The summed E-state index contributed by atoms with van der Waals surface area (Å²) in [5.41, 5.74) is 0. The van der Waals surface area contributed by atoms with E-state index in [0.717, 1.165) is 49.4 Å². The summed E-state index contributed by atoms with van der Waals surface area (Å²) < 4.78 is 20.1. The van der Waals surface area contributed by atoms with E-state index in [1.807, 2.05) is 11.8 Å². The van der Waals surface area contributed by atoms with Gasteiger partial charge >= 0.3 is 0 Å². The molecular weight excluding hydrogens is 505 g/mol. The van der Waals surface area contributed by atoms with Crippen LogP contribution in [0.15, 0.2) is 0 Å². The molecule has 0 N–H and O–H groups in total. The van der Waals surface area contributed by atoms with Gasteiger partial charge in [-0.15, -0.1) is 0 Å². The summed E-state index contributed by atoms with van der Waals surface area (Å²) in [6.45, 7) is 3.85. The van der Waals surface area contributed by atoms with Crippen LogP contribution in [-0.2, 0) is 18.9 Å². The SMILES string of the molecule is COCC1CCCCS1.COCC1CCCSC1.COCC1CCSCC1.COCC1CSC1. The van der Waals surface area contributed by atoms with E-state index in [-0.39, 0.29) is 0 Å². The van der Waals surface area contributed by atoms with E-state index in [1.165, 1.54) is 85.2 Å². The summed E-state index contributed by atoms with van der Waals surface area (Å²) in [6.07, 6.45) is 9.65. The number of thioether (sulfide) groups is 4. The van der Waals surface area contributed by atoms with Crippen molar-refractivity contribution in [2.45, 2.75) is 50.2 Å². The van der Waals surface area contributed by atoms with Crippen LogP contribution in [0.25, 0.3) is 0 Å². The van der Waals surface area contributed by atoms with Crippen molar-refractivity contribution in [2.75, 3.05) is 95.1 Å². The first-order valence-corrected chi connectivity index (χ1v) is 17.5. The summed E-state index contributed by atoms with van der Waals surface area (Å²) in [6, 6.07) is 0. The number of ether oxygens (including phenoxy) is 4. The lowest BCUT2D eigenvalue weighted by molar-refractivity contribution is 0.148. The maximum atomic E-state index is 5.07. The molecule has 4 aliphatic heterocycles. The lowest BCUT2D eigenvalue weighted by atomic mass is 10.0. The smallest absolute Gasteiger partial charge is 0.0581 e. The Bertz CT molecular complexity index is 356. The zero-order valence-electron chi connectivity index (χ0n) is 22.3. The molecule has 0 aromatic heterocycles. The molecule has 4 aliphatic rings. The van der Waals surface area contributed by atoms with Crippen molar-refractivity contribution >= 4 is 47.0 Å². The van der Waals surface area contributed by atoms with Crippen molar-refractivity contribution < 1.29 is 18.9 Å². The van der Waals surface area contributed by atoms with Gasteiger partial charge in [-0.05, 0) is 90.6 Å². The third-order valence-electron chi connectivity index (χ3n) is 6.14. The second-order valence-electron chi connectivity index (χ2n) is 9.35. The minimum atomic E-state index is 0.795. The Morgan fingerprint density at radius 2 is 1.12 bits per heavy atom. The first-order valence-electron chi connectivity index (χ1n) is 13.0. The van der Waals surface area contributed by atoms with Crippen molar-refractivity contribution in [3.05, 3.63) is 0 Å². The van der Waals surface area contributed by atoms with Crippen molar-refractivity contribution in [2.24, 2.45) is 17.8 Å². The molecule has 0 aromatic rings. The van der Waals surface area contributed by atoms with Gasteiger partial charge in [0.2, 0.25) is 0 Å². The largest absolute Gasteiger partial charge is 0.384 e. The number of hydrogen-bond donors (Lipinski definition) is 0. The second-order valence-corrected chi connectivity index (χ2v) is 14.2. The van der Waals surface area contributed by atoms with Crippen LogP contribution in [0.2, 0.25) is 0 Å². The van der Waals surface area contributed by atoms with Crippen molar-refractivity contribution in [1.29, 1.82) is 0 Å². The molecule has 4 nitrogen and oxygen atoms in total. The molecule has 0 aromatic carbocycles. The molecule has 8 heteroatoms. The minimum absolute atomic E-state index is 0.795. The van der Waals surface area contributed by atoms with E-state index in [2.05, 4.69) is 35.3 Å². The molecule has 4 heterocycles. The van der Waals surface area contributed by atoms with Crippen molar-refractivity contribution in [3.8, 4) is 0 Å². The summed E-state index contributed by atoms with van der Waals surface area (Å²) in [5.74, 6) is 11.9. The van der Waals surface area contributed by atoms with E-state index in [0.29, 0.717) is 0 Å². The number of rotatable bonds is 8. The first kappa shape index (κ1) is 33.3. The molecule has 0 amide bonds. The Kier molecular flexibility index (Phi) is 24.0. The Hall–Kier alpha value is 1.24. The van der Waals surface area contributed by atoms with Gasteiger partial charge < -0.3 is 18.9 Å². The van der Waals surface area contributed by atoms with Crippen LogP contribution in [0.1, 0.15) is 44.9 Å². The van der Waals surface area contributed by atoms with Gasteiger partial charge in [-0.2, -0.15) is 47.0 Å². The molecule has 2 atom stereocenters. The maximum Gasteiger partial charge on any atom is 0.0581 e. The fraction of sp³-hybridized carbons (Fsp3) is 1.00. The van der Waals surface area contributed by atoms with Crippen LogP contribution < -0.4 is 0 Å². The predicted molar refractivity (Wildman–Crippen MR) is 159 cm³/mol. The Morgan fingerprint density at radius 1 is 0.500 bits per heavy atom. The predicted octanol–water partition coefficient (Wildman–Crippen LogP) is 6.47. The average molecular weight is 557 g/mol. The lowest BCUT2D eigenvalue weighted by Gasteiger charge is -2.23. The first-order chi connectivity index (χ1) is 16.7. The molecule has 0 saturated carbocycles. The van der Waals surface area contributed by atoms with Crippen LogP contribution in [0.3, 0.4) is 0 Å². The molecule has 0 bridgehead atoms. The van der Waals surface area contributed by atoms with Crippen LogP contribution in [0, 0.1) is 17.8 Å². The van der Waals surface area contributed by atoms with E-state index in [1.54, 1.807) is 28.4 Å². The molecule has 4 saturated heterocycles. The molecule has 0 aliphatic carbocycles. The van der Waals surface area contributed by atoms with E-state index < -0.39 is 0 Å².